The maximum Gasteiger partial charge on any atom is 0.213 e. The predicted octanol–water partition coefficient (Wildman–Crippen LogP) is 9.16. The molecular formula is C36H48N+. The van der Waals surface area contributed by atoms with Gasteiger partial charge < -0.3 is 0 Å². The molecule has 2 aromatic carbocycles. The van der Waals surface area contributed by atoms with Crippen LogP contribution in [0.1, 0.15) is 119 Å². The molecule has 0 atom stereocenters. The lowest BCUT2D eigenvalue weighted by Crippen LogP contribution is -2.40. The Kier molecular flexibility index (Phi) is 5.06. The lowest BCUT2D eigenvalue weighted by Gasteiger charge is -2.49. The van der Waals surface area contributed by atoms with Crippen LogP contribution in [0.5, 0.6) is 0 Å². The molecule has 0 amide bonds. The molecule has 2 aliphatic rings. The van der Waals surface area contributed by atoms with E-state index in [0.29, 0.717) is 5.56 Å². The van der Waals surface area contributed by atoms with Crippen molar-refractivity contribution in [3.63, 3.8) is 0 Å². The van der Waals surface area contributed by atoms with Gasteiger partial charge in [-0.05, 0) is 106 Å². The summed E-state index contributed by atoms with van der Waals surface area (Å²) in [7, 11) is 1.98. The number of benzene rings is 2. The van der Waals surface area contributed by atoms with Gasteiger partial charge in [0.05, 0.1) is 0 Å². The van der Waals surface area contributed by atoms with E-state index in [0.717, 1.165) is 42.5 Å². The van der Waals surface area contributed by atoms with Crippen LogP contribution in [0.3, 0.4) is 0 Å². The van der Waals surface area contributed by atoms with Crippen molar-refractivity contribution in [2.75, 3.05) is 0 Å². The van der Waals surface area contributed by atoms with Gasteiger partial charge in [-0.2, -0.15) is 0 Å². The molecule has 0 fully saturated rings. The van der Waals surface area contributed by atoms with Crippen molar-refractivity contribution in [1.29, 1.82) is 0 Å². The summed E-state index contributed by atoms with van der Waals surface area (Å²) in [4.78, 5) is 0. The minimum Gasteiger partial charge on any atom is -0.201 e. The zero-order valence-corrected chi connectivity index (χ0v) is 24.8. The molecule has 37 heavy (non-hydrogen) atoms. The highest BCUT2D eigenvalue weighted by Crippen LogP contribution is 2.57. The summed E-state index contributed by atoms with van der Waals surface area (Å²) in [5, 5.41) is 0. The number of pyridine rings is 1. The largest absolute Gasteiger partial charge is 0.213 e. The summed E-state index contributed by atoms with van der Waals surface area (Å²) in [5.74, 6) is 0. The van der Waals surface area contributed by atoms with Gasteiger partial charge in [0, 0.05) is 21.3 Å². The molecular weight excluding hydrogens is 446 g/mol. The standard InChI is InChI=1S/C36H48N/c1-23-14-12-13-15-25(23)29-20-26(24(2)22-37(29)11)30-31-27(33(3,4)16-18-35(31,7)8)21-28-32(30)36(9,10)19-17-34(28,5)6/h12-15,20-22H,16-19H2,1-11H3/q+1/i2D3. The van der Waals surface area contributed by atoms with Crippen LogP contribution >= 0.6 is 0 Å². The Morgan fingerprint density at radius 3 is 1.70 bits per heavy atom. The van der Waals surface area contributed by atoms with Gasteiger partial charge in [0.2, 0.25) is 5.69 Å². The number of rotatable bonds is 2. The predicted molar refractivity (Wildman–Crippen MR) is 159 cm³/mol. The molecule has 0 radical (unpaired) electrons. The van der Waals surface area contributed by atoms with E-state index in [2.05, 4.69) is 98.7 Å². The molecule has 0 bridgehead atoms. The smallest absolute Gasteiger partial charge is 0.201 e. The van der Waals surface area contributed by atoms with Crippen LogP contribution in [0.25, 0.3) is 22.4 Å². The van der Waals surface area contributed by atoms with Gasteiger partial charge in [-0.15, -0.1) is 0 Å². The van der Waals surface area contributed by atoms with E-state index in [9.17, 15) is 0 Å². The Hall–Kier alpha value is -2.41. The molecule has 3 aromatic rings. The second-order valence-corrected chi connectivity index (χ2v) is 14.5. The lowest BCUT2D eigenvalue weighted by molar-refractivity contribution is -0.660. The first-order valence-electron chi connectivity index (χ1n) is 15.6. The Bertz CT molecular complexity index is 1450. The first kappa shape index (κ1) is 22.6. The van der Waals surface area contributed by atoms with E-state index in [1.165, 1.54) is 33.4 Å². The van der Waals surface area contributed by atoms with Crippen LogP contribution in [0.2, 0.25) is 0 Å². The Balaban J connectivity index is 2.05. The molecule has 0 unspecified atom stereocenters. The van der Waals surface area contributed by atoms with E-state index in [-0.39, 0.29) is 21.7 Å². The minimum absolute atomic E-state index is 0.0186. The van der Waals surface area contributed by atoms with Crippen LogP contribution in [0, 0.1) is 13.8 Å². The molecule has 5 rings (SSSR count). The molecule has 1 nitrogen and oxygen atoms in total. The van der Waals surface area contributed by atoms with Crippen LogP contribution in [0.4, 0.5) is 0 Å². The molecule has 1 heterocycles. The monoisotopic (exact) mass is 497 g/mol. The third-order valence-electron chi connectivity index (χ3n) is 9.85. The summed E-state index contributed by atoms with van der Waals surface area (Å²) in [6.07, 6.45) is 6.30. The van der Waals surface area contributed by atoms with Crippen molar-refractivity contribution in [1.82, 2.24) is 0 Å². The van der Waals surface area contributed by atoms with Crippen LogP contribution < -0.4 is 4.57 Å². The maximum atomic E-state index is 8.73. The van der Waals surface area contributed by atoms with Gasteiger partial charge >= 0.3 is 0 Å². The molecule has 196 valence electrons. The Labute approximate surface area is 230 Å². The molecule has 0 saturated carbocycles. The highest BCUT2D eigenvalue weighted by molar-refractivity contribution is 5.82. The van der Waals surface area contributed by atoms with Gasteiger partial charge in [0.1, 0.15) is 7.05 Å². The Morgan fingerprint density at radius 1 is 0.676 bits per heavy atom. The summed E-state index contributed by atoms with van der Waals surface area (Å²) < 4.78 is 28.2. The van der Waals surface area contributed by atoms with Gasteiger partial charge in [-0.25, -0.2) is 4.57 Å². The first-order valence-corrected chi connectivity index (χ1v) is 14.1. The zero-order valence-electron chi connectivity index (χ0n) is 27.8. The fraction of sp³-hybridized carbons (Fsp3) is 0.528. The minimum atomic E-state index is -2.24. The van der Waals surface area contributed by atoms with Gasteiger partial charge in [0.15, 0.2) is 6.20 Å². The molecule has 0 aliphatic heterocycles. The zero-order chi connectivity index (χ0) is 29.6. The maximum absolute atomic E-state index is 8.73. The van der Waals surface area contributed by atoms with Crippen molar-refractivity contribution < 1.29 is 8.68 Å². The SMILES string of the molecule is [2H]C([2H])([2H])c1c[n+](C)c(-c2ccccc2C)cc1-c1c2c(cc3c1C(C)(C)CCC3(C)C)C(C)(C)CCC2(C)C. The van der Waals surface area contributed by atoms with Gasteiger partial charge in [-0.3, -0.25) is 0 Å². The van der Waals surface area contributed by atoms with Gasteiger partial charge in [-0.1, -0.05) is 79.7 Å². The van der Waals surface area contributed by atoms with Crippen LogP contribution in [-0.2, 0) is 28.7 Å². The van der Waals surface area contributed by atoms with E-state index in [1.54, 1.807) is 0 Å². The summed E-state index contributed by atoms with van der Waals surface area (Å²) in [6.45, 7) is 18.9. The number of hydrogen-bond donors (Lipinski definition) is 0. The lowest BCUT2D eigenvalue weighted by atomic mass is 9.55. The van der Waals surface area contributed by atoms with Crippen LogP contribution in [0.15, 0.2) is 42.6 Å². The van der Waals surface area contributed by atoms with Crippen molar-refractivity contribution in [3.8, 4) is 22.4 Å². The van der Waals surface area contributed by atoms with Crippen LogP contribution in [-0.4, -0.2) is 0 Å². The number of hydrogen-bond acceptors (Lipinski definition) is 0. The fourth-order valence-electron chi connectivity index (χ4n) is 7.18. The highest BCUT2D eigenvalue weighted by atomic mass is 14.9. The van der Waals surface area contributed by atoms with Crippen molar-refractivity contribution in [2.45, 2.75) is 117 Å². The topological polar surface area (TPSA) is 3.88 Å². The number of nitrogens with zero attached hydrogens (tertiary/aromatic N) is 1. The quantitative estimate of drug-likeness (QED) is 0.311. The van der Waals surface area contributed by atoms with E-state index in [4.69, 9.17) is 4.11 Å². The van der Waals surface area contributed by atoms with E-state index < -0.39 is 6.85 Å². The Morgan fingerprint density at radius 2 is 1.19 bits per heavy atom. The van der Waals surface area contributed by atoms with E-state index >= 15 is 0 Å². The average molecular weight is 498 g/mol. The van der Waals surface area contributed by atoms with Crippen molar-refractivity contribution >= 4 is 0 Å². The molecule has 1 aromatic heterocycles. The van der Waals surface area contributed by atoms with E-state index in [1.807, 2.05) is 17.8 Å². The average Bonchev–Trinajstić information content (AvgIpc) is 2.84. The third-order valence-corrected chi connectivity index (χ3v) is 9.85. The molecule has 0 saturated heterocycles. The third kappa shape index (κ3) is 4.08. The molecule has 2 aliphatic carbocycles. The number of aromatic nitrogens is 1. The number of aryl methyl sites for hydroxylation is 3. The molecule has 0 spiro atoms. The van der Waals surface area contributed by atoms with Crippen molar-refractivity contribution in [3.05, 3.63) is 76.0 Å². The fourth-order valence-corrected chi connectivity index (χ4v) is 7.18. The van der Waals surface area contributed by atoms with Gasteiger partial charge in [0.25, 0.3) is 0 Å². The summed E-state index contributed by atoms with van der Waals surface area (Å²) >= 11 is 0. The molecule has 1 heteroatoms. The first-order chi connectivity index (χ1) is 18.3. The van der Waals surface area contributed by atoms with Crippen molar-refractivity contribution in [2.24, 2.45) is 7.05 Å². The summed E-state index contributed by atoms with van der Waals surface area (Å²) in [5.41, 5.74) is 11.4. The summed E-state index contributed by atoms with van der Waals surface area (Å²) in [6, 6.07) is 13.2. The second kappa shape index (κ2) is 8.29. The molecule has 0 N–H and O–H groups in total. The highest BCUT2D eigenvalue weighted by Gasteiger charge is 2.46. The number of fused-ring (bicyclic) bond motifs is 2. The normalized spacial score (nSPS) is 22.3. The second-order valence-electron chi connectivity index (χ2n) is 14.5.